The smallest absolute Gasteiger partial charge is 0.457 e. The number of rotatable bonds is 40. The van der Waals surface area contributed by atoms with Crippen LogP contribution >= 0.6 is 7.82 Å². The molecule has 1 aliphatic rings. The molecule has 1 fully saturated rings. The average molecular weight is 875 g/mol. The van der Waals surface area contributed by atoms with Gasteiger partial charge in [-0.1, -0.05) is 172 Å². The number of hydrogen-bond acceptors (Lipinski definition) is 11. The monoisotopic (exact) mass is 875 g/mol. The molecule has 0 aromatic heterocycles. The second kappa shape index (κ2) is 38.1. The van der Waals surface area contributed by atoms with E-state index in [9.17, 15) is 39.8 Å². The second-order valence-electron chi connectivity index (χ2n) is 16.6. The van der Waals surface area contributed by atoms with Crippen LogP contribution in [0.15, 0.2) is 36.5 Å². The highest BCUT2D eigenvalue weighted by Crippen LogP contribution is 2.47. The van der Waals surface area contributed by atoms with Gasteiger partial charge in [-0.3, -0.25) is 13.8 Å². The molecule has 0 heterocycles. The van der Waals surface area contributed by atoms with Crippen molar-refractivity contribution in [3.05, 3.63) is 36.5 Å². The first-order valence-corrected chi connectivity index (χ1v) is 25.3. The van der Waals surface area contributed by atoms with Crippen molar-refractivity contribution in [3.63, 3.8) is 0 Å². The topological polar surface area (TPSA) is 192 Å². The van der Waals surface area contributed by atoms with Crippen molar-refractivity contribution < 1.29 is 58.3 Å². The maximum absolute atomic E-state index is 12.8. The predicted octanol–water partition coefficient (Wildman–Crippen LogP) is 9.87. The third kappa shape index (κ3) is 29.8. The van der Waals surface area contributed by atoms with Crippen molar-refractivity contribution >= 4 is 13.8 Å². The Kier molecular flexibility index (Phi) is 35.9. The summed E-state index contributed by atoms with van der Waals surface area (Å²) in [5.41, 5.74) is 0. The molecular formula is C47H87O12P. The van der Waals surface area contributed by atoms with Crippen LogP contribution in [0, 0.1) is 0 Å². The van der Waals surface area contributed by atoms with Gasteiger partial charge in [0.2, 0.25) is 0 Å². The number of phosphoric acid groups is 1. The van der Waals surface area contributed by atoms with Crippen LogP contribution in [0.3, 0.4) is 0 Å². The number of carbonyl (C=O) groups is 1. The molecule has 6 unspecified atom stereocenters. The number of ether oxygens (including phenoxy) is 2. The van der Waals surface area contributed by atoms with E-state index in [1.54, 1.807) is 0 Å². The lowest BCUT2D eigenvalue weighted by Gasteiger charge is -2.41. The summed E-state index contributed by atoms with van der Waals surface area (Å²) < 4.78 is 34.2. The molecule has 6 atom stereocenters. The summed E-state index contributed by atoms with van der Waals surface area (Å²) in [6.07, 6.45) is 32.2. The largest absolute Gasteiger partial charge is 0.472 e. The first kappa shape index (κ1) is 56.6. The molecule has 0 amide bonds. The summed E-state index contributed by atoms with van der Waals surface area (Å²) >= 11 is 0. The van der Waals surface area contributed by atoms with E-state index in [4.69, 9.17) is 18.5 Å². The van der Waals surface area contributed by atoms with E-state index in [1.807, 2.05) is 0 Å². The highest BCUT2D eigenvalue weighted by molar-refractivity contribution is 7.47. The fourth-order valence-electron chi connectivity index (χ4n) is 7.19. The summed E-state index contributed by atoms with van der Waals surface area (Å²) in [5.74, 6) is -0.482. The quantitative estimate of drug-likeness (QED) is 0.0148. The van der Waals surface area contributed by atoms with Crippen molar-refractivity contribution in [1.82, 2.24) is 0 Å². The Balaban J connectivity index is 2.34. The minimum Gasteiger partial charge on any atom is -0.457 e. The van der Waals surface area contributed by atoms with Crippen molar-refractivity contribution in [2.24, 2.45) is 0 Å². The number of allylic oxidation sites excluding steroid dienone is 6. The van der Waals surface area contributed by atoms with Crippen molar-refractivity contribution in [2.45, 2.75) is 236 Å². The Labute approximate surface area is 363 Å². The van der Waals surface area contributed by atoms with E-state index in [0.29, 0.717) is 13.0 Å². The lowest BCUT2D eigenvalue weighted by atomic mass is 9.85. The van der Waals surface area contributed by atoms with Gasteiger partial charge in [-0.2, -0.15) is 0 Å². The number of aliphatic hydroxyl groups is 5. The molecule has 0 aliphatic heterocycles. The van der Waals surface area contributed by atoms with Gasteiger partial charge in [0, 0.05) is 13.0 Å². The van der Waals surface area contributed by atoms with Crippen LogP contribution in [0.2, 0.25) is 0 Å². The van der Waals surface area contributed by atoms with E-state index < -0.39 is 63.1 Å². The number of unbranched alkanes of at least 4 members (excludes halogenated alkanes) is 22. The summed E-state index contributed by atoms with van der Waals surface area (Å²) in [6, 6.07) is 0. The van der Waals surface area contributed by atoms with E-state index in [-0.39, 0.29) is 13.0 Å². The molecule has 1 rings (SSSR count). The standard InChI is InChI=1S/C47H87O12P/c1-3-5-7-9-11-13-15-16-17-18-19-20-21-22-23-24-25-27-29-31-33-35-37-56-38-40(58-41(48)36-34-32-30-28-26-14-12-10-8-6-4-2)39-57-60(54,55)59-47-45(52)43(50)42(49)44(51)46(47)53/h15-16,18-19,21-22,40,42-47,49-53H,3-14,17,20,23-39H2,1-2H3,(H,54,55)/b16-15-,19-18-,22-21-. The van der Waals surface area contributed by atoms with Crippen LogP contribution in [0.1, 0.15) is 194 Å². The van der Waals surface area contributed by atoms with E-state index in [0.717, 1.165) is 64.2 Å². The van der Waals surface area contributed by atoms with Gasteiger partial charge in [-0.25, -0.2) is 4.57 Å². The molecule has 6 N–H and O–H groups in total. The number of carbonyl (C=O) groups excluding carboxylic acids is 1. The third-order valence-electron chi connectivity index (χ3n) is 11.0. The SMILES string of the molecule is CCCCCCC/C=C\C/C=C\C/C=C\CCCCCCCCCOCC(COP(=O)(O)OC1C(O)C(O)C(O)C(O)C1O)OC(=O)CCCCCCCCCCCCC. The Morgan fingerprint density at radius 2 is 0.933 bits per heavy atom. The molecule has 0 aromatic rings. The number of esters is 1. The number of hydrogen-bond donors (Lipinski definition) is 6. The van der Waals surface area contributed by atoms with E-state index >= 15 is 0 Å². The van der Waals surface area contributed by atoms with Crippen LogP contribution < -0.4 is 0 Å². The van der Waals surface area contributed by atoms with Crippen LogP contribution in [-0.2, 0) is 27.9 Å². The molecule has 1 aliphatic carbocycles. The van der Waals surface area contributed by atoms with Crippen LogP contribution in [0.25, 0.3) is 0 Å². The fraction of sp³-hybridized carbons (Fsp3) is 0.851. The van der Waals surface area contributed by atoms with Gasteiger partial charge in [-0.15, -0.1) is 0 Å². The Bertz CT molecular complexity index is 1130. The zero-order valence-electron chi connectivity index (χ0n) is 37.5. The van der Waals surface area contributed by atoms with Gasteiger partial charge in [0.25, 0.3) is 0 Å². The lowest BCUT2D eigenvalue weighted by molar-refractivity contribution is -0.220. The minimum absolute atomic E-state index is 0.0814. The van der Waals surface area contributed by atoms with E-state index in [1.165, 1.54) is 103 Å². The maximum atomic E-state index is 12.8. The number of phosphoric ester groups is 1. The van der Waals surface area contributed by atoms with Gasteiger partial charge >= 0.3 is 13.8 Å². The maximum Gasteiger partial charge on any atom is 0.472 e. The zero-order valence-corrected chi connectivity index (χ0v) is 38.4. The highest BCUT2D eigenvalue weighted by Gasteiger charge is 2.51. The first-order chi connectivity index (χ1) is 29.0. The van der Waals surface area contributed by atoms with Gasteiger partial charge in [0.05, 0.1) is 13.2 Å². The predicted molar refractivity (Wildman–Crippen MR) is 239 cm³/mol. The molecule has 13 heteroatoms. The molecule has 0 saturated heterocycles. The van der Waals surface area contributed by atoms with Gasteiger partial charge in [0.15, 0.2) is 0 Å². The second-order valence-corrected chi connectivity index (χ2v) is 18.0. The summed E-state index contributed by atoms with van der Waals surface area (Å²) in [5, 5.41) is 50.1. The Morgan fingerprint density at radius 3 is 1.42 bits per heavy atom. The third-order valence-corrected chi connectivity index (χ3v) is 12.0. The normalized spacial score (nSPS) is 22.6. The molecule has 12 nitrogen and oxygen atoms in total. The van der Waals surface area contributed by atoms with Gasteiger partial charge in [-0.05, 0) is 51.4 Å². The van der Waals surface area contributed by atoms with Crippen LogP contribution in [0.5, 0.6) is 0 Å². The van der Waals surface area contributed by atoms with Crippen molar-refractivity contribution in [2.75, 3.05) is 19.8 Å². The summed E-state index contributed by atoms with van der Waals surface area (Å²) in [6.45, 7) is 4.22. The molecule has 0 aromatic carbocycles. The molecule has 352 valence electrons. The molecule has 0 spiro atoms. The average Bonchev–Trinajstić information content (AvgIpc) is 3.23. The summed E-state index contributed by atoms with van der Waals surface area (Å²) in [4.78, 5) is 23.1. The molecule has 0 radical (unpaired) electrons. The van der Waals surface area contributed by atoms with Crippen molar-refractivity contribution in [1.29, 1.82) is 0 Å². The Morgan fingerprint density at radius 1 is 0.533 bits per heavy atom. The van der Waals surface area contributed by atoms with Crippen LogP contribution in [-0.4, -0.2) is 98.9 Å². The highest BCUT2D eigenvalue weighted by atomic mass is 31.2. The zero-order chi connectivity index (χ0) is 44.1. The summed E-state index contributed by atoms with van der Waals surface area (Å²) in [7, 11) is -5.02. The van der Waals surface area contributed by atoms with Gasteiger partial charge < -0.3 is 39.9 Å². The number of aliphatic hydroxyl groups excluding tert-OH is 5. The van der Waals surface area contributed by atoms with E-state index in [2.05, 4.69) is 50.3 Å². The van der Waals surface area contributed by atoms with Crippen molar-refractivity contribution in [3.8, 4) is 0 Å². The Hall–Kier alpha value is -1.44. The van der Waals surface area contributed by atoms with Gasteiger partial charge in [0.1, 0.15) is 42.7 Å². The molecular weight excluding hydrogens is 787 g/mol. The minimum atomic E-state index is -5.02. The molecule has 1 saturated carbocycles. The first-order valence-electron chi connectivity index (χ1n) is 23.8. The lowest BCUT2D eigenvalue weighted by Crippen LogP contribution is -2.64. The van der Waals surface area contributed by atoms with Crippen LogP contribution in [0.4, 0.5) is 0 Å². The fourth-order valence-corrected chi connectivity index (χ4v) is 8.16. The molecule has 60 heavy (non-hydrogen) atoms. The molecule has 0 bridgehead atoms.